The molecule has 0 aliphatic carbocycles. The molecular weight excluding hydrogens is 292 g/mol. The first-order valence-corrected chi connectivity index (χ1v) is 7.30. The molecule has 108 valence electrons. The molecule has 2 amide bonds. The molecule has 0 saturated heterocycles. The van der Waals surface area contributed by atoms with Gasteiger partial charge in [0.2, 0.25) is 0 Å². The largest absolute Gasteiger partial charge is 0.324 e. The number of hydrogen-bond donors (Lipinski definition) is 2. The molecule has 3 aromatic rings. The maximum atomic E-state index is 12.0. The maximum absolute atomic E-state index is 12.0. The highest BCUT2D eigenvalue weighted by molar-refractivity contribution is 7.80. The van der Waals surface area contributed by atoms with Crippen molar-refractivity contribution in [1.29, 1.82) is 0 Å². The Morgan fingerprint density at radius 3 is 2.32 bits per heavy atom. The van der Waals surface area contributed by atoms with Crippen molar-refractivity contribution in [3.63, 3.8) is 0 Å². The first-order valence-electron chi connectivity index (χ1n) is 6.89. The van der Waals surface area contributed by atoms with Gasteiger partial charge in [0.15, 0.2) is 0 Å². The summed E-state index contributed by atoms with van der Waals surface area (Å²) in [5.41, 5.74) is 1.57. The van der Waals surface area contributed by atoms with Crippen LogP contribution in [0.15, 0.2) is 72.8 Å². The van der Waals surface area contributed by atoms with Crippen LogP contribution in [0.5, 0.6) is 0 Å². The van der Waals surface area contributed by atoms with E-state index in [2.05, 4.69) is 10.6 Å². The van der Waals surface area contributed by atoms with E-state index in [-0.39, 0.29) is 6.03 Å². The molecule has 0 unspecified atom stereocenters. The van der Waals surface area contributed by atoms with Gasteiger partial charge < -0.3 is 5.32 Å². The number of urea groups is 1. The first-order chi connectivity index (χ1) is 10.7. The predicted molar refractivity (Wildman–Crippen MR) is 94.2 cm³/mol. The van der Waals surface area contributed by atoms with Crippen molar-refractivity contribution >= 4 is 39.7 Å². The van der Waals surface area contributed by atoms with Gasteiger partial charge in [-0.25, -0.2) is 4.79 Å². The second-order valence-electron chi connectivity index (χ2n) is 4.80. The zero-order valence-electron chi connectivity index (χ0n) is 11.7. The van der Waals surface area contributed by atoms with Gasteiger partial charge in [-0.05, 0) is 22.9 Å². The molecule has 0 radical (unpaired) electrons. The summed E-state index contributed by atoms with van der Waals surface area (Å²) < 4.78 is 0. The van der Waals surface area contributed by atoms with Gasteiger partial charge in [-0.3, -0.25) is 5.32 Å². The van der Waals surface area contributed by atoms with Crippen LogP contribution < -0.4 is 10.6 Å². The standard InChI is InChI=1S/C18H14N2OS/c21-18(19-14-9-2-1-3-10-14)20-17(22)16-12-6-8-13-7-4-5-11-15(13)16/h1-12H,(H2,19,20,21,22). The fraction of sp³-hybridized carbons (Fsp3) is 0. The summed E-state index contributed by atoms with van der Waals surface area (Å²) in [5.74, 6) is 0. The van der Waals surface area contributed by atoms with E-state index in [1.54, 1.807) is 0 Å². The Labute approximate surface area is 134 Å². The van der Waals surface area contributed by atoms with Crippen LogP contribution in [0.3, 0.4) is 0 Å². The lowest BCUT2D eigenvalue weighted by molar-refractivity contribution is 0.256. The minimum atomic E-state index is -0.343. The van der Waals surface area contributed by atoms with Crippen LogP contribution in [0.25, 0.3) is 10.8 Å². The van der Waals surface area contributed by atoms with E-state index in [1.807, 2.05) is 72.8 Å². The normalized spacial score (nSPS) is 10.2. The molecule has 0 aliphatic rings. The molecule has 3 nitrogen and oxygen atoms in total. The molecular formula is C18H14N2OS. The molecule has 0 atom stereocenters. The highest BCUT2D eigenvalue weighted by Crippen LogP contribution is 2.18. The fourth-order valence-corrected chi connectivity index (χ4v) is 2.55. The number of rotatable bonds is 2. The van der Waals surface area contributed by atoms with E-state index < -0.39 is 0 Å². The maximum Gasteiger partial charge on any atom is 0.324 e. The highest BCUT2D eigenvalue weighted by atomic mass is 32.1. The molecule has 0 fully saturated rings. The summed E-state index contributed by atoms with van der Waals surface area (Å²) in [6.45, 7) is 0. The zero-order chi connectivity index (χ0) is 15.4. The van der Waals surface area contributed by atoms with Crippen LogP contribution in [0.2, 0.25) is 0 Å². The SMILES string of the molecule is O=C(NC(=S)c1cccc2ccccc12)Nc1ccccc1. The van der Waals surface area contributed by atoms with Gasteiger partial charge >= 0.3 is 6.03 Å². The number of amides is 2. The summed E-state index contributed by atoms with van der Waals surface area (Å²) in [6, 6.07) is 22.7. The van der Waals surface area contributed by atoms with Gasteiger partial charge in [0.05, 0.1) is 0 Å². The monoisotopic (exact) mass is 306 g/mol. The number of carbonyl (C=O) groups is 1. The van der Waals surface area contributed by atoms with Crippen LogP contribution in [0.4, 0.5) is 10.5 Å². The predicted octanol–water partition coefficient (Wildman–Crippen LogP) is 4.34. The van der Waals surface area contributed by atoms with Gasteiger partial charge in [-0.15, -0.1) is 0 Å². The summed E-state index contributed by atoms with van der Waals surface area (Å²) in [5, 5.41) is 7.58. The summed E-state index contributed by atoms with van der Waals surface area (Å²) >= 11 is 5.37. The first kappa shape index (κ1) is 14.2. The van der Waals surface area contributed by atoms with E-state index in [0.29, 0.717) is 4.99 Å². The van der Waals surface area contributed by atoms with Gasteiger partial charge in [-0.1, -0.05) is 72.9 Å². The van der Waals surface area contributed by atoms with E-state index in [9.17, 15) is 4.79 Å². The molecule has 0 saturated carbocycles. The molecule has 0 aromatic heterocycles. The Hall–Kier alpha value is -2.72. The molecule has 0 bridgehead atoms. The van der Waals surface area contributed by atoms with Crippen LogP contribution >= 0.6 is 12.2 Å². The number of benzene rings is 3. The van der Waals surface area contributed by atoms with Crippen molar-refractivity contribution in [2.24, 2.45) is 0 Å². The van der Waals surface area contributed by atoms with Crippen molar-refractivity contribution in [3.8, 4) is 0 Å². The van der Waals surface area contributed by atoms with E-state index >= 15 is 0 Å². The summed E-state index contributed by atoms with van der Waals surface area (Å²) in [6.07, 6.45) is 0. The minimum absolute atomic E-state index is 0.343. The number of carbonyl (C=O) groups excluding carboxylic acids is 1. The van der Waals surface area contributed by atoms with E-state index in [1.165, 1.54) is 0 Å². The lowest BCUT2D eigenvalue weighted by atomic mass is 10.0. The van der Waals surface area contributed by atoms with E-state index in [4.69, 9.17) is 12.2 Å². The van der Waals surface area contributed by atoms with Crippen molar-refractivity contribution < 1.29 is 4.79 Å². The van der Waals surface area contributed by atoms with Crippen LogP contribution in [-0.4, -0.2) is 11.0 Å². The highest BCUT2D eigenvalue weighted by Gasteiger charge is 2.09. The third kappa shape index (κ3) is 3.13. The number of fused-ring (bicyclic) bond motifs is 1. The molecule has 0 heterocycles. The van der Waals surface area contributed by atoms with Crippen molar-refractivity contribution in [1.82, 2.24) is 5.32 Å². The Morgan fingerprint density at radius 1 is 0.818 bits per heavy atom. The van der Waals surface area contributed by atoms with Crippen molar-refractivity contribution in [2.75, 3.05) is 5.32 Å². The van der Waals surface area contributed by atoms with E-state index in [0.717, 1.165) is 22.0 Å². The van der Waals surface area contributed by atoms with Crippen LogP contribution in [0.1, 0.15) is 5.56 Å². The van der Waals surface area contributed by atoms with Crippen LogP contribution in [0, 0.1) is 0 Å². The second kappa shape index (κ2) is 6.37. The molecule has 3 aromatic carbocycles. The fourth-order valence-electron chi connectivity index (χ4n) is 2.28. The summed E-state index contributed by atoms with van der Waals surface area (Å²) in [7, 11) is 0. The van der Waals surface area contributed by atoms with Crippen LogP contribution in [-0.2, 0) is 0 Å². The smallest absolute Gasteiger partial charge is 0.308 e. The number of hydrogen-bond acceptors (Lipinski definition) is 2. The molecule has 2 N–H and O–H groups in total. The average Bonchev–Trinajstić information content (AvgIpc) is 2.55. The third-order valence-corrected chi connectivity index (χ3v) is 3.61. The molecule has 0 aliphatic heterocycles. The van der Waals surface area contributed by atoms with Gasteiger partial charge in [0.25, 0.3) is 0 Å². The van der Waals surface area contributed by atoms with Crippen molar-refractivity contribution in [3.05, 3.63) is 78.4 Å². The van der Waals surface area contributed by atoms with Crippen molar-refractivity contribution in [2.45, 2.75) is 0 Å². The molecule has 0 spiro atoms. The molecule has 4 heteroatoms. The number of para-hydroxylation sites is 1. The second-order valence-corrected chi connectivity index (χ2v) is 5.21. The number of nitrogens with one attached hydrogen (secondary N) is 2. The molecule has 22 heavy (non-hydrogen) atoms. The summed E-state index contributed by atoms with van der Waals surface area (Å²) in [4.78, 5) is 12.4. The van der Waals surface area contributed by atoms with Gasteiger partial charge in [-0.2, -0.15) is 0 Å². The lowest BCUT2D eigenvalue weighted by Crippen LogP contribution is -2.33. The van der Waals surface area contributed by atoms with Gasteiger partial charge in [0, 0.05) is 11.3 Å². The quantitative estimate of drug-likeness (QED) is 0.692. The van der Waals surface area contributed by atoms with Gasteiger partial charge in [0.1, 0.15) is 4.99 Å². The third-order valence-electron chi connectivity index (χ3n) is 3.29. The lowest BCUT2D eigenvalue weighted by Gasteiger charge is -2.11. The Bertz CT molecular complexity index is 825. The number of anilines is 1. The topological polar surface area (TPSA) is 41.1 Å². The number of thiocarbonyl (C=S) groups is 1. The minimum Gasteiger partial charge on any atom is -0.308 e. The Kier molecular flexibility index (Phi) is 4.12. The Balaban J connectivity index is 1.77. The average molecular weight is 306 g/mol. The molecule has 3 rings (SSSR count). The Morgan fingerprint density at radius 2 is 1.50 bits per heavy atom. The zero-order valence-corrected chi connectivity index (χ0v) is 12.6.